The lowest BCUT2D eigenvalue weighted by Crippen LogP contribution is -2.35. The lowest BCUT2D eigenvalue weighted by molar-refractivity contribution is -0.118. The molecule has 2 aromatic rings. The van der Waals surface area contributed by atoms with E-state index in [1.807, 2.05) is 0 Å². The van der Waals surface area contributed by atoms with Crippen LogP contribution in [0.1, 0.15) is 6.42 Å². The highest BCUT2D eigenvalue weighted by Gasteiger charge is 2.29. The Balaban J connectivity index is 1.75. The summed E-state index contributed by atoms with van der Waals surface area (Å²) in [7, 11) is 1.65. The molecule has 2 unspecified atom stereocenters. The maximum absolute atomic E-state index is 12.3. The van der Waals surface area contributed by atoms with Crippen molar-refractivity contribution in [3.8, 4) is 5.82 Å². The highest BCUT2D eigenvalue weighted by Crippen LogP contribution is 2.18. The van der Waals surface area contributed by atoms with Crippen molar-refractivity contribution < 1.29 is 9.53 Å². The SMILES string of the molecule is COC1CNC(C(=O)Nc2cccnc2-n2cncn2)C1. The van der Waals surface area contributed by atoms with Gasteiger partial charge in [-0.1, -0.05) is 0 Å². The third kappa shape index (κ3) is 2.91. The summed E-state index contributed by atoms with van der Waals surface area (Å²) < 4.78 is 6.76. The molecule has 2 N–H and O–H groups in total. The van der Waals surface area contributed by atoms with Crippen LogP contribution in [0.4, 0.5) is 5.69 Å². The van der Waals surface area contributed by atoms with Crippen LogP contribution in [0.25, 0.3) is 5.82 Å². The summed E-state index contributed by atoms with van der Waals surface area (Å²) in [6, 6.07) is 3.28. The lowest BCUT2D eigenvalue weighted by atomic mass is 10.2. The van der Waals surface area contributed by atoms with E-state index in [1.54, 1.807) is 25.4 Å². The van der Waals surface area contributed by atoms with E-state index in [9.17, 15) is 4.79 Å². The van der Waals surface area contributed by atoms with Crippen molar-refractivity contribution in [3.05, 3.63) is 31.0 Å². The van der Waals surface area contributed by atoms with E-state index in [1.165, 1.54) is 17.3 Å². The van der Waals surface area contributed by atoms with Gasteiger partial charge >= 0.3 is 0 Å². The summed E-state index contributed by atoms with van der Waals surface area (Å²) in [5.74, 6) is 0.425. The van der Waals surface area contributed by atoms with Crippen molar-refractivity contribution in [1.29, 1.82) is 0 Å². The van der Waals surface area contributed by atoms with Crippen LogP contribution >= 0.6 is 0 Å². The number of amides is 1. The van der Waals surface area contributed by atoms with E-state index < -0.39 is 0 Å². The number of aromatic nitrogens is 4. The van der Waals surface area contributed by atoms with E-state index in [4.69, 9.17) is 4.74 Å². The number of methoxy groups -OCH3 is 1. The Morgan fingerprint density at radius 1 is 1.57 bits per heavy atom. The number of nitrogens with zero attached hydrogens (tertiary/aromatic N) is 4. The molecule has 0 aromatic carbocycles. The number of hydrogen-bond donors (Lipinski definition) is 2. The maximum Gasteiger partial charge on any atom is 0.241 e. The Kier molecular flexibility index (Phi) is 3.89. The maximum atomic E-state index is 12.3. The van der Waals surface area contributed by atoms with Gasteiger partial charge in [0.15, 0.2) is 5.82 Å². The standard InChI is InChI=1S/C13H16N6O2/c1-21-9-5-11(16-6-9)13(20)18-10-3-2-4-15-12(10)19-8-14-7-17-19/h2-4,7-9,11,16H,5-6H2,1H3,(H,18,20). The second-order valence-electron chi connectivity index (χ2n) is 4.76. The highest BCUT2D eigenvalue weighted by atomic mass is 16.5. The molecule has 1 saturated heterocycles. The number of anilines is 1. The first-order valence-corrected chi connectivity index (χ1v) is 6.65. The molecule has 0 spiro atoms. The smallest absolute Gasteiger partial charge is 0.241 e. The molecule has 1 amide bonds. The van der Waals surface area contributed by atoms with Crippen LogP contribution < -0.4 is 10.6 Å². The van der Waals surface area contributed by atoms with Crippen LogP contribution in [0.2, 0.25) is 0 Å². The van der Waals surface area contributed by atoms with Gasteiger partial charge in [-0.15, -0.1) is 0 Å². The molecule has 8 heteroatoms. The first-order valence-electron chi connectivity index (χ1n) is 6.65. The van der Waals surface area contributed by atoms with Crippen LogP contribution in [0.3, 0.4) is 0 Å². The van der Waals surface area contributed by atoms with Crippen molar-refractivity contribution in [1.82, 2.24) is 25.1 Å². The number of carbonyl (C=O) groups is 1. The van der Waals surface area contributed by atoms with Crippen molar-refractivity contribution in [2.75, 3.05) is 19.0 Å². The number of nitrogens with one attached hydrogen (secondary N) is 2. The van der Waals surface area contributed by atoms with Gasteiger partial charge in [-0.05, 0) is 18.6 Å². The van der Waals surface area contributed by atoms with Crippen molar-refractivity contribution in [2.24, 2.45) is 0 Å². The minimum absolute atomic E-state index is 0.0736. The van der Waals surface area contributed by atoms with Gasteiger partial charge in [-0.2, -0.15) is 5.10 Å². The van der Waals surface area contributed by atoms with Gasteiger partial charge in [-0.25, -0.2) is 14.6 Å². The molecule has 3 rings (SSSR count). The van der Waals surface area contributed by atoms with Crippen molar-refractivity contribution in [3.63, 3.8) is 0 Å². The normalized spacial score (nSPS) is 21.4. The topological polar surface area (TPSA) is 94.0 Å². The van der Waals surface area contributed by atoms with E-state index >= 15 is 0 Å². The molecule has 110 valence electrons. The van der Waals surface area contributed by atoms with Gasteiger partial charge in [0.1, 0.15) is 12.7 Å². The van der Waals surface area contributed by atoms with E-state index in [2.05, 4.69) is 25.7 Å². The predicted octanol–water partition coefficient (Wildman–Crippen LogP) is -0.0223. The molecule has 0 bridgehead atoms. The van der Waals surface area contributed by atoms with Gasteiger partial charge < -0.3 is 15.4 Å². The molecule has 1 aliphatic heterocycles. The largest absolute Gasteiger partial charge is 0.380 e. The molecular formula is C13H16N6O2. The molecule has 0 aliphatic carbocycles. The summed E-state index contributed by atoms with van der Waals surface area (Å²) in [5, 5.41) is 10.1. The van der Waals surface area contributed by atoms with Gasteiger partial charge in [-0.3, -0.25) is 4.79 Å². The molecule has 8 nitrogen and oxygen atoms in total. The molecule has 0 radical (unpaired) electrons. The zero-order valence-electron chi connectivity index (χ0n) is 11.6. The average molecular weight is 288 g/mol. The van der Waals surface area contributed by atoms with Crippen LogP contribution in [0.15, 0.2) is 31.0 Å². The number of rotatable bonds is 4. The average Bonchev–Trinajstić information content (AvgIpc) is 3.19. The van der Waals surface area contributed by atoms with Crippen LogP contribution in [-0.4, -0.2) is 51.5 Å². The minimum atomic E-state index is -0.265. The van der Waals surface area contributed by atoms with Gasteiger partial charge in [0.2, 0.25) is 5.91 Å². The van der Waals surface area contributed by atoms with Crippen LogP contribution in [0, 0.1) is 0 Å². The quantitative estimate of drug-likeness (QED) is 0.821. The summed E-state index contributed by atoms with van der Waals surface area (Å²) in [5.41, 5.74) is 0.593. The zero-order valence-corrected chi connectivity index (χ0v) is 11.6. The fourth-order valence-corrected chi connectivity index (χ4v) is 2.30. The number of ether oxygens (including phenoxy) is 1. The second kappa shape index (κ2) is 5.98. The zero-order chi connectivity index (χ0) is 14.7. The fourth-order valence-electron chi connectivity index (χ4n) is 2.30. The predicted molar refractivity (Wildman–Crippen MR) is 75.0 cm³/mol. The summed E-state index contributed by atoms with van der Waals surface area (Å²) in [4.78, 5) is 20.4. The Hall–Kier alpha value is -2.32. The van der Waals surface area contributed by atoms with Crippen LogP contribution in [-0.2, 0) is 9.53 Å². The van der Waals surface area contributed by atoms with Gasteiger partial charge in [0, 0.05) is 19.9 Å². The van der Waals surface area contributed by atoms with E-state index in [0.717, 1.165) is 0 Å². The first-order chi connectivity index (χ1) is 10.3. The highest BCUT2D eigenvalue weighted by molar-refractivity contribution is 5.96. The number of pyridine rings is 1. The summed E-state index contributed by atoms with van der Waals surface area (Å²) >= 11 is 0. The Bertz CT molecular complexity index is 615. The third-order valence-corrected chi connectivity index (χ3v) is 3.42. The van der Waals surface area contributed by atoms with Gasteiger partial charge in [0.25, 0.3) is 0 Å². The van der Waals surface area contributed by atoms with E-state index in [0.29, 0.717) is 24.5 Å². The van der Waals surface area contributed by atoms with Gasteiger partial charge in [0.05, 0.1) is 17.8 Å². The van der Waals surface area contributed by atoms with Crippen molar-refractivity contribution >= 4 is 11.6 Å². The molecule has 2 aromatic heterocycles. The molecular weight excluding hydrogens is 272 g/mol. The van der Waals surface area contributed by atoms with Crippen molar-refractivity contribution in [2.45, 2.75) is 18.6 Å². The Labute approximate surface area is 121 Å². The molecule has 1 aliphatic rings. The molecule has 2 atom stereocenters. The number of carbonyl (C=O) groups excluding carboxylic acids is 1. The summed E-state index contributed by atoms with van der Waals surface area (Å²) in [6.45, 7) is 0.678. The first kappa shape index (κ1) is 13.7. The molecule has 1 fully saturated rings. The monoisotopic (exact) mass is 288 g/mol. The minimum Gasteiger partial charge on any atom is -0.380 e. The fraction of sp³-hybridized carbons (Fsp3) is 0.385. The second-order valence-corrected chi connectivity index (χ2v) is 4.76. The Morgan fingerprint density at radius 2 is 2.48 bits per heavy atom. The number of hydrogen-bond acceptors (Lipinski definition) is 6. The molecule has 21 heavy (non-hydrogen) atoms. The third-order valence-electron chi connectivity index (χ3n) is 3.42. The van der Waals surface area contributed by atoms with Crippen LogP contribution in [0.5, 0.6) is 0 Å². The lowest BCUT2D eigenvalue weighted by Gasteiger charge is -2.13. The Morgan fingerprint density at radius 3 is 3.19 bits per heavy atom. The summed E-state index contributed by atoms with van der Waals surface area (Å²) in [6.07, 6.45) is 5.32. The van der Waals surface area contributed by atoms with E-state index in [-0.39, 0.29) is 18.1 Å². The molecule has 3 heterocycles. The molecule has 0 saturated carbocycles.